The van der Waals surface area contributed by atoms with Crippen LogP contribution in [0, 0.1) is 0 Å². The van der Waals surface area contributed by atoms with Crippen LogP contribution in [0.25, 0.3) is 0 Å². The summed E-state index contributed by atoms with van der Waals surface area (Å²) in [5, 5.41) is 11.6. The third-order valence-corrected chi connectivity index (χ3v) is 3.67. The van der Waals surface area contributed by atoms with Crippen LogP contribution < -0.4 is 5.32 Å². The van der Waals surface area contributed by atoms with Crippen molar-refractivity contribution >= 4 is 29.3 Å². The number of aliphatic carboxylic acids is 1. The molecule has 2 N–H and O–H groups in total. The van der Waals surface area contributed by atoms with Gasteiger partial charge in [-0.25, -0.2) is 0 Å². The second-order valence-electron chi connectivity index (χ2n) is 4.05. The average molecular weight is 267 g/mol. The van der Waals surface area contributed by atoms with E-state index >= 15 is 0 Å². The molecule has 0 saturated heterocycles. The van der Waals surface area contributed by atoms with E-state index in [9.17, 15) is 9.59 Å². The number of hydrogen-bond donors (Lipinski definition) is 2. The van der Waals surface area contributed by atoms with Crippen molar-refractivity contribution in [2.75, 3.05) is 11.6 Å². The molecule has 18 heavy (non-hydrogen) atoms. The van der Waals surface area contributed by atoms with Crippen LogP contribution in [0.3, 0.4) is 0 Å². The topological polar surface area (TPSA) is 66.4 Å². The van der Waals surface area contributed by atoms with E-state index in [1.54, 1.807) is 31.2 Å². The third-order valence-electron chi connectivity index (χ3n) is 2.75. The minimum Gasteiger partial charge on any atom is -0.481 e. The Morgan fingerprint density at radius 1 is 1.33 bits per heavy atom. The third kappa shape index (κ3) is 3.77. The number of carboxylic acids is 1. The first-order valence-electron chi connectivity index (χ1n) is 5.62. The summed E-state index contributed by atoms with van der Waals surface area (Å²) in [6.45, 7) is 3.44. The molecule has 0 radical (unpaired) electrons. The van der Waals surface area contributed by atoms with Crippen LogP contribution in [0.2, 0.25) is 0 Å². The summed E-state index contributed by atoms with van der Waals surface area (Å²) >= 11 is 1.46. The number of anilines is 1. The van der Waals surface area contributed by atoms with Gasteiger partial charge < -0.3 is 10.4 Å². The van der Waals surface area contributed by atoms with Crippen molar-refractivity contribution in [3.05, 3.63) is 29.8 Å². The van der Waals surface area contributed by atoms with Crippen molar-refractivity contribution < 1.29 is 14.7 Å². The van der Waals surface area contributed by atoms with Crippen molar-refractivity contribution in [1.29, 1.82) is 0 Å². The van der Waals surface area contributed by atoms with Gasteiger partial charge in [0, 0.05) is 5.69 Å². The molecule has 0 heterocycles. The molecular formula is C13H17NO3S. The lowest BCUT2D eigenvalue weighted by molar-refractivity contribution is -0.138. The molecule has 2 atom stereocenters. The number of carbonyl (C=O) groups excluding carboxylic acids is 1. The minimum atomic E-state index is -0.879. The zero-order chi connectivity index (χ0) is 13.7. The smallest absolute Gasteiger partial charge is 0.310 e. The van der Waals surface area contributed by atoms with Gasteiger partial charge >= 0.3 is 5.97 Å². The van der Waals surface area contributed by atoms with E-state index in [-0.39, 0.29) is 11.2 Å². The summed E-state index contributed by atoms with van der Waals surface area (Å²) in [5.41, 5.74) is 1.31. The molecule has 4 nitrogen and oxygen atoms in total. The molecule has 0 fully saturated rings. The first kappa shape index (κ1) is 14.6. The van der Waals surface area contributed by atoms with E-state index in [1.807, 2.05) is 13.2 Å². The fraction of sp³-hybridized carbons (Fsp3) is 0.385. The summed E-state index contributed by atoms with van der Waals surface area (Å²) in [7, 11) is 0. The molecule has 2 unspecified atom stereocenters. The first-order chi connectivity index (χ1) is 8.45. The summed E-state index contributed by atoms with van der Waals surface area (Å²) in [5.74, 6) is -1.54. The molecule has 0 aliphatic heterocycles. The number of thioether (sulfide) groups is 1. The van der Waals surface area contributed by atoms with Crippen molar-refractivity contribution in [2.24, 2.45) is 0 Å². The predicted octanol–water partition coefficient (Wildman–Crippen LogP) is 2.56. The maximum Gasteiger partial charge on any atom is 0.310 e. The summed E-state index contributed by atoms with van der Waals surface area (Å²) in [6, 6.07) is 6.94. The van der Waals surface area contributed by atoms with Crippen molar-refractivity contribution in [3.8, 4) is 0 Å². The lowest BCUT2D eigenvalue weighted by Crippen LogP contribution is -2.22. The monoisotopic (exact) mass is 267 g/mol. The molecular weight excluding hydrogens is 250 g/mol. The number of hydrogen-bond acceptors (Lipinski definition) is 3. The molecule has 0 saturated carbocycles. The zero-order valence-corrected chi connectivity index (χ0v) is 11.5. The molecule has 0 spiro atoms. The Labute approximate surface area is 111 Å². The highest BCUT2D eigenvalue weighted by molar-refractivity contribution is 7.99. The number of nitrogens with one attached hydrogen (secondary N) is 1. The zero-order valence-electron chi connectivity index (χ0n) is 10.6. The van der Waals surface area contributed by atoms with E-state index in [2.05, 4.69) is 5.32 Å². The number of rotatable bonds is 5. The quantitative estimate of drug-likeness (QED) is 0.860. The number of amides is 1. The molecule has 1 aromatic carbocycles. The van der Waals surface area contributed by atoms with Crippen molar-refractivity contribution in [2.45, 2.75) is 25.0 Å². The van der Waals surface area contributed by atoms with Crippen LogP contribution in [0.5, 0.6) is 0 Å². The standard InChI is InChI=1S/C13H17NO3S/c1-8(13(16)17)10-5-4-6-11(7-10)14-12(15)9(2)18-3/h4-9H,1-3H3,(H,14,15)(H,16,17). The Bertz CT molecular complexity index is 448. The van der Waals surface area contributed by atoms with Gasteiger partial charge in [0.1, 0.15) is 0 Å². The summed E-state index contributed by atoms with van der Waals surface area (Å²) in [6.07, 6.45) is 1.87. The lowest BCUT2D eigenvalue weighted by atomic mass is 10.0. The Morgan fingerprint density at radius 2 is 2.00 bits per heavy atom. The molecule has 0 bridgehead atoms. The Balaban J connectivity index is 2.83. The largest absolute Gasteiger partial charge is 0.481 e. The van der Waals surface area contributed by atoms with E-state index in [1.165, 1.54) is 11.8 Å². The van der Waals surface area contributed by atoms with Crippen molar-refractivity contribution in [1.82, 2.24) is 0 Å². The average Bonchev–Trinajstić information content (AvgIpc) is 2.36. The van der Waals surface area contributed by atoms with Gasteiger partial charge in [0.25, 0.3) is 0 Å². The van der Waals surface area contributed by atoms with E-state index < -0.39 is 11.9 Å². The normalized spacial score (nSPS) is 13.7. The molecule has 0 aliphatic carbocycles. The SMILES string of the molecule is CSC(C)C(=O)Nc1cccc(C(C)C(=O)O)c1. The Hall–Kier alpha value is -1.49. The van der Waals surface area contributed by atoms with E-state index in [0.29, 0.717) is 11.3 Å². The van der Waals surface area contributed by atoms with Crippen LogP contribution >= 0.6 is 11.8 Å². The Morgan fingerprint density at radius 3 is 2.56 bits per heavy atom. The molecule has 0 aromatic heterocycles. The number of benzene rings is 1. The highest BCUT2D eigenvalue weighted by Gasteiger charge is 2.15. The van der Waals surface area contributed by atoms with Gasteiger partial charge in [-0.1, -0.05) is 12.1 Å². The first-order valence-corrected chi connectivity index (χ1v) is 6.91. The van der Waals surface area contributed by atoms with Gasteiger partial charge in [0.15, 0.2) is 0 Å². The molecule has 5 heteroatoms. The van der Waals surface area contributed by atoms with Gasteiger partial charge in [0.2, 0.25) is 5.91 Å². The van der Waals surface area contributed by atoms with Crippen LogP contribution in [0.4, 0.5) is 5.69 Å². The van der Waals surface area contributed by atoms with E-state index in [0.717, 1.165) is 0 Å². The molecule has 1 amide bonds. The van der Waals surface area contributed by atoms with Gasteiger partial charge in [-0.15, -0.1) is 0 Å². The highest BCUT2D eigenvalue weighted by atomic mass is 32.2. The fourth-order valence-corrected chi connectivity index (χ4v) is 1.65. The molecule has 1 aromatic rings. The van der Waals surface area contributed by atoms with Gasteiger partial charge in [-0.2, -0.15) is 11.8 Å². The Kier molecular flexibility index (Phi) is 5.22. The van der Waals surface area contributed by atoms with Gasteiger partial charge in [-0.3, -0.25) is 9.59 Å². The van der Waals surface area contributed by atoms with Gasteiger partial charge in [-0.05, 0) is 37.8 Å². The highest BCUT2D eigenvalue weighted by Crippen LogP contribution is 2.20. The number of carboxylic acid groups (broad SMARTS) is 1. The maximum atomic E-state index is 11.7. The number of carbonyl (C=O) groups is 2. The summed E-state index contributed by atoms with van der Waals surface area (Å²) in [4.78, 5) is 22.6. The predicted molar refractivity (Wildman–Crippen MR) is 74.1 cm³/mol. The minimum absolute atomic E-state index is 0.0809. The molecule has 1 rings (SSSR count). The van der Waals surface area contributed by atoms with Crippen LogP contribution in [0.1, 0.15) is 25.3 Å². The van der Waals surface area contributed by atoms with E-state index in [4.69, 9.17) is 5.11 Å². The van der Waals surface area contributed by atoms with Crippen LogP contribution in [-0.4, -0.2) is 28.5 Å². The second kappa shape index (κ2) is 6.44. The van der Waals surface area contributed by atoms with Gasteiger partial charge in [0.05, 0.1) is 11.2 Å². The van der Waals surface area contributed by atoms with Crippen LogP contribution in [0.15, 0.2) is 24.3 Å². The maximum absolute atomic E-state index is 11.7. The fourth-order valence-electron chi connectivity index (χ4n) is 1.38. The van der Waals surface area contributed by atoms with Crippen molar-refractivity contribution in [3.63, 3.8) is 0 Å². The molecule has 98 valence electrons. The molecule has 0 aliphatic rings. The second-order valence-corrected chi connectivity index (χ2v) is 5.23. The summed E-state index contributed by atoms with van der Waals surface area (Å²) < 4.78 is 0. The van der Waals surface area contributed by atoms with Crippen LogP contribution in [-0.2, 0) is 9.59 Å². The lowest BCUT2D eigenvalue weighted by Gasteiger charge is -2.12.